The number of thiophene rings is 1. The molecule has 1 aliphatic heterocycles. The van der Waals surface area contributed by atoms with Crippen LogP contribution in [-0.4, -0.2) is 12.6 Å². The van der Waals surface area contributed by atoms with E-state index >= 15 is 0 Å². The highest BCUT2D eigenvalue weighted by Crippen LogP contribution is 2.45. The van der Waals surface area contributed by atoms with Gasteiger partial charge in [0.1, 0.15) is 17.4 Å². The van der Waals surface area contributed by atoms with E-state index in [2.05, 4.69) is 22.0 Å². The molecule has 0 fully saturated rings. The third kappa shape index (κ3) is 3.39. The van der Waals surface area contributed by atoms with Crippen LogP contribution in [0.2, 0.25) is 0 Å². The number of rotatable bonds is 4. The standard InChI is InChI=1S/C19H15BrN2O3S/c1-2-24-19(23)16-15(13-8-9-14(20)26-13)12(10-21)18(22)25-17(16)11-6-4-3-5-7-11/h3-9,15H,2,22H2,1H3/t15-/m1/s1. The first-order valence-electron chi connectivity index (χ1n) is 7.86. The van der Waals surface area contributed by atoms with Crippen molar-refractivity contribution in [1.82, 2.24) is 0 Å². The summed E-state index contributed by atoms with van der Waals surface area (Å²) in [5.41, 5.74) is 7.19. The number of halogens is 1. The third-order valence-corrected chi connectivity index (χ3v) is 5.52. The fourth-order valence-corrected chi connectivity index (χ4v) is 4.29. The minimum Gasteiger partial charge on any atom is -0.463 e. The first-order chi connectivity index (χ1) is 12.6. The van der Waals surface area contributed by atoms with Crippen molar-refractivity contribution >= 4 is 39.0 Å². The van der Waals surface area contributed by atoms with Gasteiger partial charge in [0.15, 0.2) is 0 Å². The molecule has 26 heavy (non-hydrogen) atoms. The van der Waals surface area contributed by atoms with Gasteiger partial charge in [-0.1, -0.05) is 30.3 Å². The first kappa shape index (κ1) is 18.2. The lowest BCUT2D eigenvalue weighted by Gasteiger charge is -2.27. The predicted molar refractivity (Wildman–Crippen MR) is 103 cm³/mol. The van der Waals surface area contributed by atoms with Crippen molar-refractivity contribution in [3.8, 4) is 6.07 Å². The van der Waals surface area contributed by atoms with E-state index in [9.17, 15) is 10.1 Å². The van der Waals surface area contributed by atoms with E-state index in [1.807, 2.05) is 42.5 Å². The summed E-state index contributed by atoms with van der Waals surface area (Å²) in [6.45, 7) is 1.95. The van der Waals surface area contributed by atoms with Gasteiger partial charge in [0.2, 0.25) is 5.88 Å². The van der Waals surface area contributed by atoms with Gasteiger partial charge in [-0.3, -0.25) is 0 Å². The summed E-state index contributed by atoms with van der Waals surface area (Å²) in [7, 11) is 0. The lowest BCUT2D eigenvalue weighted by Crippen LogP contribution is -2.25. The number of carbonyl (C=O) groups excluding carboxylic acids is 1. The second-order valence-electron chi connectivity index (χ2n) is 5.40. The summed E-state index contributed by atoms with van der Waals surface area (Å²) >= 11 is 4.86. The minimum absolute atomic E-state index is 0.00563. The van der Waals surface area contributed by atoms with Gasteiger partial charge in [-0.05, 0) is 35.0 Å². The Labute approximate surface area is 163 Å². The zero-order chi connectivity index (χ0) is 18.7. The zero-order valence-corrected chi connectivity index (χ0v) is 16.3. The molecule has 1 atom stereocenters. The normalized spacial score (nSPS) is 16.9. The Morgan fingerprint density at radius 2 is 2.08 bits per heavy atom. The molecule has 1 aromatic heterocycles. The van der Waals surface area contributed by atoms with Crippen molar-refractivity contribution in [3.63, 3.8) is 0 Å². The summed E-state index contributed by atoms with van der Waals surface area (Å²) < 4.78 is 11.9. The van der Waals surface area contributed by atoms with Crippen LogP contribution in [0.3, 0.4) is 0 Å². The number of benzene rings is 1. The second-order valence-corrected chi connectivity index (χ2v) is 7.89. The summed E-state index contributed by atoms with van der Waals surface area (Å²) in [5, 5.41) is 9.64. The molecular formula is C19H15BrN2O3S. The molecular weight excluding hydrogens is 416 g/mol. The Hall–Kier alpha value is -2.56. The fraction of sp³-hybridized carbons (Fsp3) is 0.158. The van der Waals surface area contributed by atoms with E-state index in [1.54, 1.807) is 6.92 Å². The smallest absolute Gasteiger partial charge is 0.338 e. The number of esters is 1. The number of hydrogen-bond donors (Lipinski definition) is 1. The van der Waals surface area contributed by atoms with Crippen LogP contribution in [0, 0.1) is 11.3 Å². The topological polar surface area (TPSA) is 85.3 Å². The van der Waals surface area contributed by atoms with Gasteiger partial charge in [0.25, 0.3) is 0 Å². The first-order valence-corrected chi connectivity index (χ1v) is 9.47. The van der Waals surface area contributed by atoms with E-state index in [0.29, 0.717) is 11.3 Å². The molecule has 0 amide bonds. The van der Waals surface area contributed by atoms with Gasteiger partial charge in [0.05, 0.1) is 21.9 Å². The highest BCUT2D eigenvalue weighted by atomic mass is 79.9. The molecule has 1 aliphatic rings. The largest absolute Gasteiger partial charge is 0.463 e. The number of hydrogen-bond acceptors (Lipinski definition) is 6. The molecule has 2 heterocycles. The molecule has 0 saturated heterocycles. The van der Waals surface area contributed by atoms with E-state index in [4.69, 9.17) is 15.2 Å². The maximum atomic E-state index is 12.8. The van der Waals surface area contributed by atoms with Gasteiger partial charge in [0, 0.05) is 10.4 Å². The predicted octanol–water partition coefficient (Wildman–Crippen LogP) is 4.29. The minimum atomic E-state index is -0.640. The Morgan fingerprint density at radius 3 is 2.65 bits per heavy atom. The van der Waals surface area contributed by atoms with Crippen molar-refractivity contribution in [3.05, 3.63) is 73.7 Å². The van der Waals surface area contributed by atoms with Gasteiger partial charge < -0.3 is 15.2 Å². The van der Waals surface area contributed by atoms with Crippen LogP contribution in [0.15, 0.2) is 63.3 Å². The maximum absolute atomic E-state index is 12.8. The van der Waals surface area contributed by atoms with Gasteiger partial charge in [-0.2, -0.15) is 5.26 Å². The Morgan fingerprint density at radius 1 is 1.35 bits per heavy atom. The second kappa shape index (κ2) is 7.77. The third-order valence-electron chi connectivity index (χ3n) is 3.83. The Kier molecular flexibility index (Phi) is 5.45. The van der Waals surface area contributed by atoms with Gasteiger partial charge >= 0.3 is 5.97 Å². The number of nitriles is 1. The lowest BCUT2D eigenvalue weighted by molar-refractivity contribution is -0.138. The van der Waals surface area contributed by atoms with Crippen LogP contribution < -0.4 is 5.73 Å². The maximum Gasteiger partial charge on any atom is 0.338 e. The van der Waals surface area contributed by atoms with Crippen LogP contribution in [0.25, 0.3) is 5.76 Å². The van der Waals surface area contributed by atoms with Crippen molar-refractivity contribution in [1.29, 1.82) is 5.26 Å². The SMILES string of the molecule is CCOC(=O)C1=C(c2ccccc2)OC(N)=C(C#N)[C@@H]1c1ccc(Br)s1. The van der Waals surface area contributed by atoms with Crippen LogP contribution >= 0.6 is 27.3 Å². The van der Waals surface area contributed by atoms with Gasteiger partial charge in [-0.15, -0.1) is 11.3 Å². The number of carbonyl (C=O) groups is 1. The average Bonchev–Trinajstić information content (AvgIpc) is 3.07. The molecule has 3 rings (SSSR count). The fourth-order valence-electron chi connectivity index (χ4n) is 2.75. The van der Waals surface area contributed by atoms with Crippen LogP contribution in [-0.2, 0) is 14.3 Å². The number of allylic oxidation sites excluding steroid dienone is 1. The molecule has 2 aromatic rings. The molecule has 2 N–H and O–H groups in total. The number of nitrogens with zero attached hydrogens (tertiary/aromatic N) is 1. The molecule has 132 valence electrons. The highest BCUT2D eigenvalue weighted by molar-refractivity contribution is 9.11. The van der Waals surface area contributed by atoms with Crippen molar-refractivity contribution in [2.24, 2.45) is 5.73 Å². The lowest BCUT2D eigenvalue weighted by atomic mass is 9.86. The quantitative estimate of drug-likeness (QED) is 0.730. The van der Waals surface area contributed by atoms with E-state index in [1.165, 1.54) is 11.3 Å². The number of ether oxygens (including phenoxy) is 2. The summed E-state index contributed by atoms with van der Waals surface area (Å²) in [6, 6.07) is 15.0. The molecule has 0 saturated carbocycles. The molecule has 1 aromatic carbocycles. The van der Waals surface area contributed by atoms with Crippen LogP contribution in [0.5, 0.6) is 0 Å². The molecule has 0 bridgehead atoms. The monoisotopic (exact) mass is 430 g/mol. The summed E-state index contributed by atoms with van der Waals surface area (Å²) in [6.07, 6.45) is 0. The molecule has 0 radical (unpaired) electrons. The Balaban J connectivity index is 2.26. The molecule has 7 heteroatoms. The van der Waals surface area contributed by atoms with E-state index in [-0.39, 0.29) is 23.6 Å². The zero-order valence-electron chi connectivity index (χ0n) is 13.9. The molecule has 0 spiro atoms. The van der Waals surface area contributed by atoms with Crippen LogP contribution in [0.4, 0.5) is 0 Å². The highest BCUT2D eigenvalue weighted by Gasteiger charge is 2.38. The van der Waals surface area contributed by atoms with Crippen molar-refractivity contribution < 1.29 is 14.3 Å². The molecule has 0 unspecified atom stereocenters. The van der Waals surface area contributed by atoms with Crippen molar-refractivity contribution in [2.75, 3.05) is 6.61 Å². The molecule has 0 aliphatic carbocycles. The van der Waals surface area contributed by atoms with E-state index < -0.39 is 11.9 Å². The summed E-state index contributed by atoms with van der Waals surface area (Å²) in [5.74, 6) is -0.857. The molecule has 5 nitrogen and oxygen atoms in total. The average molecular weight is 431 g/mol. The summed E-state index contributed by atoms with van der Waals surface area (Å²) in [4.78, 5) is 13.6. The Bertz CT molecular complexity index is 941. The van der Waals surface area contributed by atoms with Crippen molar-refractivity contribution in [2.45, 2.75) is 12.8 Å². The number of nitrogens with two attached hydrogens (primary N) is 1. The van der Waals surface area contributed by atoms with E-state index in [0.717, 1.165) is 8.66 Å². The van der Waals surface area contributed by atoms with Gasteiger partial charge in [-0.25, -0.2) is 4.79 Å². The van der Waals surface area contributed by atoms with Crippen LogP contribution in [0.1, 0.15) is 23.3 Å².